The lowest BCUT2D eigenvalue weighted by Crippen LogP contribution is -2.24. The van der Waals surface area contributed by atoms with Crippen LogP contribution in [0.3, 0.4) is 0 Å². The number of ether oxygens (including phenoxy) is 1. The molecule has 100 valence electrons. The summed E-state index contributed by atoms with van der Waals surface area (Å²) in [5.41, 5.74) is 6.65. The molecule has 2 N–H and O–H groups in total. The topological polar surface area (TPSA) is 64.3 Å². The van der Waals surface area contributed by atoms with Gasteiger partial charge in [-0.1, -0.05) is 6.92 Å². The van der Waals surface area contributed by atoms with Crippen LogP contribution in [0.4, 0.5) is 5.95 Å². The smallest absolute Gasteiger partial charge is 0.228 e. The highest BCUT2D eigenvalue weighted by atomic mass is 16.5. The van der Waals surface area contributed by atoms with Crippen molar-refractivity contribution in [1.29, 1.82) is 0 Å². The van der Waals surface area contributed by atoms with Crippen molar-refractivity contribution >= 4 is 5.95 Å². The van der Waals surface area contributed by atoms with Crippen LogP contribution in [0, 0.1) is 12.8 Å². The number of nitrogens with two attached hydrogens (primary N) is 1. The summed E-state index contributed by atoms with van der Waals surface area (Å²) in [6.07, 6.45) is 2.11. The van der Waals surface area contributed by atoms with E-state index in [-0.39, 0.29) is 0 Å². The number of anilines is 1. The lowest BCUT2D eigenvalue weighted by Gasteiger charge is -2.17. The van der Waals surface area contributed by atoms with Crippen LogP contribution in [0.5, 0.6) is 5.88 Å². The quantitative estimate of drug-likeness (QED) is 0.854. The molecule has 1 aromatic heterocycles. The molecule has 1 aliphatic rings. The van der Waals surface area contributed by atoms with Crippen LogP contribution in [0.1, 0.15) is 25.5 Å². The minimum atomic E-state index is 0.564. The van der Waals surface area contributed by atoms with Gasteiger partial charge in [0.05, 0.1) is 6.61 Å². The molecular weight excluding hydrogens is 228 g/mol. The third-order valence-electron chi connectivity index (χ3n) is 3.18. The second-order valence-corrected chi connectivity index (χ2v) is 4.83. The number of hydrogen-bond acceptors (Lipinski definition) is 5. The molecule has 18 heavy (non-hydrogen) atoms. The molecule has 0 amide bonds. The summed E-state index contributed by atoms with van der Waals surface area (Å²) in [7, 11) is 0. The molecule has 0 spiro atoms. The Morgan fingerprint density at radius 3 is 3.00 bits per heavy atom. The first-order chi connectivity index (χ1) is 8.72. The third-order valence-corrected chi connectivity index (χ3v) is 3.18. The molecule has 2 heterocycles. The zero-order chi connectivity index (χ0) is 13.0. The van der Waals surface area contributed by atoms with E-state index in [1.54, 1.807) is 0 Å². The summed E-state index contributed by atoms with van der Waals surface area (Å²) in [5.74, 6) is 2.02. The highest BCUT2D eigenvalue weighted by molar-refractivity contribution is 5.35. The van der Waals surface area contributed by atoms with Gasteiger partial charge in [0.15, 0.2) is 0 Å². The predicted octanol–water partition coefficient (Wildman–Crippen LogP) is 1.36. The molecule has 0 saturated carbocycles. The van der Waals surface area contributed by atoms with Crippen molar-refractivity contribution in [2.75, 3.05) is 31.1 Å². The monoisotopic (exact) mass is 250 g/mol. The second-order valence-electron chi connectivity index (χ2n) is 4.83. The molecule has 1 aliphatic heterocycles. The van der Waals surface area contributed by atoms with Gasteiger partial charge in [0.1, 0.15) is 0 Å². The minimum Gasteiger partial charge on any atom is -0.478 e. The Morgan fingerprint density at radius 1 is 1.50 bits per heavy atom. The highest BCUT2D eigenvalue weighted by Gasteiger charge is 2.23. The largest absolute Gasteiger partial charge is 0.478 e. The maximum Gasteiger partial charge on any atom is 0.228 e. The van der Waals surface area contributed by atoms with Gasteiger partial charge in [-0.3, -0.25) is 0 Å². The fourth-order valence-electron chi connectivity index (χ4n) is 2.15. The summed E-state index contributed by atoms with van der Waals surface area (Å²) in [6, 6.07) is 1.88. The standard InChI is InChI=1S/C13H22N4O/c1-3-6-18-12-7-10(2)15-13(16-12)17-5-4-11(8-14)9-17/h7,11H,3-6,8-9,14H2,1-2H3. The Labute approximate surface area is 108 Å². The first-order valence-corrected chi connectivity index (χ1v) is 6.66. The number of rotatable bonds is 5. The van der Waals surface area contributed by atoms with Crippen molar-refractivity contribution in [2.45, 2.75) is 26.7 Å². The molecule has 0 aromatic carbocycles. The fraction of sp³-hybridized carbons (Fsp3) is 0.692. The maximum absolute atomic E-state index is 5.71. The summed E-state index contributed by atoms with van der Waals surface area (Å²) in [6.45, 7) is 7.43. The Morgan fingerprint density at radius 2 is 2.33 bits per heavy atom. The molecule has 1 aromatic rings. The van der Waals surface area contributed by atoms with E-state index in [2.05, 4.69) is 21.8 Å². The predicted molar refractivity (Wildman–Crippen MR) is 71.9 cm³/mol. The first-order valence-electron chi connectivity index (χ1n) is 6.66. The van der Waals surface area contributed by atoms with Gasteiger partial charge in [0.25, 0.3) is 0 Å². The Balaban J connectivity index is 2.10. The van der Waals surface area contributed by atoms with Gasteiger partial charge in [-0.15, -0.1) is 0 Å². The van der Waals surface area contributed by atoms with Gasteiger partial charge in [-0.05, 0) is 32.2 Å². The van der Waals surface area contributed by atoms with Crippen LogP contribution >= 0.6 is 0 Å². The van der Waals surface area contributed by atoms with Crippen molar-refractivity contribution < 1.29 is 4.74 Å². The van der Waals surface area contributed by atoms with E-state index in [0.29, 0.717) is 18.4 Å². The fourth-order valence-corrected chi connectivity index (χ4v) is 2.15. The van der Waals surface area contributed by atoms with Crippen LogP contribution in [0.15, 0.2) is 6.07 Å². The van der Waals surface area contributed by atoms with Crippen molar-refractivity contribution in [1.82, 2.24) is 9.97 Å². The molecule has 1 unspecified atom stereocenters. The molecule has 0 radical (unpaired) electrons. The summed E-state index contributed by atoms with van der Waals surface area (Å²) < 4.78 is 5.59. The van der Waals surface area contributed by atoms with E-state index >= 15 is 0 Å². The number of hydrogen-bond donors (Lipinski definition) is 1. The molecule has 2 rings (SSSR count). The SMILES string of the molecule is CCCOc1cc(C)nc(N2CCC(CN)C2)n1. The number of aryl methyl sites for hydroxylation is 1. The van der Waals surface area contributed by atoms with E-state index in [9.17, 15) is 0 Å². The third kappa shape index (κ3) is 3.10. The zero-order valence-electron chi connectivity index (χ0n) is 11.2. The summed E-state index contributed by atoms with van der Waals surface area (Å²) in [4.78, 5) is 11.2. The molecule has 1 atom stereocenters. The normalized spacial score (nSPS) is 19.3. The summed E-state index contributed by atoms with van der Waals surface area (Å²) >= 11 is 0. The first kappa shape index (κ1) is 13.1. The lowest BCUT2D eigenvalue weighted by molar-refractivity contribution is 0.304. The van der Waals surface area contributed by atoms with Gasteiger partial charge < -0.3 is 15.4 Å². The van der Waals surface area contributed by atoms with E-state index < -0.39 is 0 Å². The molecule has 1 saturated heterocycles. The van der Waals surface area contributed by atoms with Crippen LogP contribution in [0.2, 0.25) is 0 Å². The molecule has 0 bridgehead atoms. The molecule has 5 heteroatoms. The lowest BCUT2D eigenvalue weighted by atomic mass is 10.1. The zero-order valence-corrected chi connectivity index (χ0v) is 11.2. The van der Waals surface area contributed by atoms with Gasteiger partial charge in [-0.2, -0.15) is 4.98 Å². The molecule has 0 aliphatic carbocycles. The van der Waals surface area contributed by atoms with Crippen LogP contribution in [0.25, 0.3) is 0 Å². The van der Waals surface area contributed by atoms with Gasteiger partial charge in [-0.25, -0.2) is 4.98 Å². The Hall–Kier alpha value is -1.36. The van der Waals surface area contributed by atoms with Crippen LogP contribution in [-0.2, 0) is 0 Å². The van der Waals surface area contributed by atoms with Crippen molar-refractivity contribution in [3.8, 4) is 5.88 Å². The Bertz CT molecular complexity index is 397. The maximum atomic E-state index is 5.71. The average molecular weight is 250 g/mol. The second kappa shape index (κ2) is 6.00. The highest BCUT2D eigenvalue weighted by Crippen LogP contribution is 2.22. The molecule has 5 nitrogen and oxygen atoms in total. The number of aromatic nitrogens is 2. The summed E-state index contributed by atoms with van der Waals surface area (Å²) in [5, 5.41) is 0. The molecule has 1 fully saturated rings. The van der Waals surface area contributed by atoms with Gasteiger partial charge >= 0.3 is 0 Å². The number of nitrogens with zero attached hydrogens (tertiary/aromatic N) is 3. The van der Waals surface area contributed by atoms with E-state index in [1.165, 1.54) is 0 Å². The van der Waals surface area contributed by atoms with Crippen molar-refractivity contribution in [3.63, 3.8) is 0 Å². The average Bonchev–Trinajstić information content (AvgIpc) is 2.84. The van der Waals surface area contributed by atoms with Crippen molar-refractivity contribution in [2.24, 2.45) is 11.7 Å². The van der Waals surface area contributed by atoms with Gasteiger partial charge in [0.2, 0.25) is 11.8 Å². The van der Waals surface area contributed by atoms with Crippen LogP contribution < -0.4 is 15.4 Å². The van der Waals surface area contributed by atoms with Gasteiger partial charge in [0, 0.05) is 24.8 Å². The van der Waals surface area contributed by atoms with Crippen molar-refractivity contribution in [3.05, 3.63) is 11.8 Å². The van der Waals surface area contributed by atoms with Crippen LogP contribution in [-0.4, -0.2) is 36.2 Å². The Kier molecular flexibility index (Phi) is 4.36. The van der Waals surface area contributed by atoms with E-state index in [0.717, 1.165) is 44.1 Å². The van der Waals surface area contributed by atoms with E-state index in [4.69, 9.17) is 10.5 Å². The van der Waals surface area contributed by atoms with E-state index in [1.807, 2.05) is 13.0 Å². The minimum absolute atomic E-state index is 0.564. The molecular formula is C13H22N4O.